The van der Waals surface area contributed by atoms with Gasteiger partial charge in [-0.1, -0.05) is 37.8 Å². The second-order valence-corrected chi connectivity index (χ2v) is 3.41. The van der Waals surface area contributed by atoms with Gasteiger partial charge in [-0.15, -0.1) is 0 Å². The molecule has 1 aromatic carbocycles. The van der Waals surface area contributed by atoms with Crippen LogP contribution >= 0.6 is 0 Å². The van der Waals surface area contributed by atoms with E-state index < -0.39 is 0 Å². The van der Waals surface area contributed by atoms with E-state index in [0.29, 0.717) is 18.1 Å². The molecule has 90 valence electrons. The Hall–Kier alpha value is -1.94. The third-order valence-corrected chi connectivity index (χ3v) is 2.18. The number of hydrogen-bond acceptors (Lipinski definition) is 4. The lowest BCUT2D eigenvalue weighted by atomic mass is 10.2. The van der Waals surface area contributed by atoms with Gasteiger partial charge in [-0.25, -0.2) is 9.97 Å². The molecule has 17 heavy (non-hydrogen) atoms. The van der Waals surface area contributed by atoms with Crippen LogP contribution in [0.25, 0.3) is 0 Å². The summed E-state index contributed by atoms with van der Waals surface area (Å²) in [6.45, 7) is 0.665. The largest absolute Gasteiger partial charge is 0.392 e. The summed E-state index contributed by atoms with van der Waals surface area (Å²) in [5, 5.41) is 11.9. The van der Waals surface area contributed by atoms with Gasteiger partial charge in [-0.05, 0) is 5.56 Å². The number of benzene rings is 1. The highest BCUT2D eigenvalue weighted by Crippen LogP contribution is 2.04. The van der Waals surface area contributed by atoms with Crippen LogP contribution in [0.5, 0.6) is 0 Å². The van der Waals surface area contributed by atoms with Crippen molar-refractivity contribution in [2.75, 3.05) is 5.32 Å². The molecule has 0 radical (unpaired) electrons. The molecule has 0 aliphatic rings. The fourth-order valence-corrected chi connectivity index (χ4v) is 1.30. The van der Waals surface area contributed by atoms with E-state index in [1.807, 2.05) is 30.3 Å². The van der Waals surface area contributed by atoms with Gasteiger partial charge < -0.3 is 10.4 Å². The predicted molar refractivity (Wildman–Crippen MR) is 68.5 cm³/mol. The van der Waals surface area contributed by atoms with Gasteiger partial charge in [0.1, 0.15) is 0 Å². The van der Waals surface area contributed by atoms with Gasteiger partial charge in [0.05, 0.1) is 6.61 Å². The Labute approximate surface area is 101 Å². The number of nitrogens with zero attached hydrogens (tertiary/aromatic N) is 2. The van der Waals surface area contributed by atoms with Crippen LogP contribution in [0.4, 0.5) is 5.95 Å². The predicted octanol–water partition coefficient (Wildman–Crippen LogP) is 2.22. The zero-order valence-electron chi connectivity index (χ0n) is 8.80. The molecule has 0 aliphatic carbocycles. The number of aromatic nitrogens is 2. The highest BCUT2D eigenvalue weighted by molar-refractivity contribution is 5.27. The smallest absolute Gasteiger partial charge is 0.222 e. The van der Waals surface area contributed by atoms with Crippen molar-refractivity contribution in [1.29, 1.82) is 0 Å². The first-order valence-electron chi connectivity index (χ1n) is 5.08. The van der Waals surface area contributed by atoms with Crippen LogP contribution in [-0.2, 0) is 13.2 Å². The minimum Gasteiger partial charge on any atom is -0.392 e. The normalized spacial score (nSPS) is 9.47. The van der Waals surface area contributed by atoms with Gasteiger partial charge in [0, 0.05) is 24.5 Å². The first kappa shape index (κ1) is 13.1. The lowest BCUT2D eigenvalue weighted by molar-refractivity contribution is 0.281. The van der Waals surface area contributed by atoms with Crippen molar-refractivity contribution < 1.29 is 5.11 Å². The standard InChI is InChI=1S/C12H13N3O.CH4/c16-9-11-7-14-12(15-8-11)13-6-10-4-2-1-3-5-10;/h1-5,7-8,16H,6,9H2,(H,13,14,15);1H4. The first-order valence-corrected chi connectivity index (χ1v) is 5.08. The van der Waals surface area contributed by atoms with Crippen molar-refractivity contribution >= 4 is 5.95 Å². The molecule has 0 saturated carbocycles. The SMILES string of the molecule is C.OCc1cnc(NCc2ccccc2)nc1. The van der Waals surface area contributed by atoms with Crippen molar-refractivity contribution in [2.45, 2.75) is 20.6 Å². The summed E-state index contributed by atoms with van der Waals surface area (Å²) in [6, 6.07) is 10.0. The summed E-state index contributed by atoms with van der Waals surface area (Å²) in [4.78, 5) is 8.16. The molecule has 0 spiro atoms. The van der Waals surface area contributed by atoms with Crippen LogP contribution in [0.2, 0.25) is 0 Å². The maximum Gasteiger partial charge on any atom is 0.222 e. The van der Waals surface area contributed by atoms with Gasteiger partial charge in [-0.3, -0.25) is 0 Å². The van der Waals surface area contributed by atoms with Crippen molar-refractivity contribution in [3.8, 4) is 0 Å². The van der Waals surface area contributed by atoms with Gasteiger partial charge in [0.2, 0.25) is 5.95 Å². The molecule has 4 heteroatoms. The Kier molecular flexibility index (Phi) is 5.10. The molecule has 4 nitrogen and oxygen atoms in total. The number of anilines is 1. The molecule has 2 N–H and O–H groups in total. The Morgan fingerprint density at radius 1 is 1.00 bits per heavy atom. The summed E-state index contributed by atoms with van der Waals surface area (Å²) < 4.78 is 0. The van der Waals surface area contributed by atoms with Crippen molar-refractivity contribution in [1.82, 2.24) is 9.97 Å². The Bertz CT molecular complexity index is 428. The Morgan fingerprint density at radius 2 is 1.65 bits per heavy atom. The minimum atomic E-state index is -0.0288. The Balaban J connectivity index is 0.00000144. The molecule has 0 saturated heterocycles. The van der Waals surface area contributed by atoms with Crippen LogP contribution in [0, 0.1) is 0 Å². The van der Waals surface area contributed by atoms with Gasteiger partial charge in [0.25, 0.3) is 0 Å². The third kappa shape index (κ3) is 3.85. The van der Waals surface area contributed by atoms with Crippen molar-refractivity contribution in [3.63, 3.8) is 0 Å². The van der Waals surface area contributed by atoms with Gasteiger partial charge >= 0.3 is 0 Å². The second kappa shape index (κ2) is 6.60. The van der Waals surface area contributed by atoms with Crippen molar-refractivity contribution in [3.05, 3.63) is 53.9 Å². The maximum absolute atomic E-state index is 8.84. The van der Waals surface area contributed by atoms with Crippen LogP contribution < -0.4 is 5.32 Å². The van der Waals surface area contributed by atoms with E-state index in [0.717, 1.165) is 0 Å². The van der Waals surface area contributed by atoms with Crippen LogP contribution in [0.1, 0.15) is 18.6 Å². The molecule has 0 aliphatic heterocycles. The summed E-state index contributed by atoms with van der Waals surface area (Å²) in [6.07, 6.45) is 3.22. The van der Waals surface area contributed by atoms with E-state index in [4.69, 9.17) is 5.11 Å². The fraction of sp³-hybridized carbons (Fsp3) is 0.231. The molecule has 0 amide bonds. The van der Waals surface area contributed by atoms with E-state index in [-0.39, 0.29) is 14.0 Å². The van der Waals surface area contributed by atoms with Crippen LogP contribution in [0.3, 0.4) is 0 Å². The number of nitrogens with one attached hydrogen (secondary N) is 1. The number of rotatable bonds is 4. The molecule has 2 aromatic rings. The summed E-state index contributed by atoms with van der Waals surface area (Å²) in [5.41, 5.74) is 1.89. The number of aliphatic hydroxyl groups is 1. The molecule has 1 heterocycles. The summed E-state index contributed by atoms with van der Waals surface area (Å²) in [5.74, 6) is 0.570. The fourth-order valence-electron chi connectivity index (χ4n) is 1.30. The second-order valence-electron chi connectivity index (χ2n) is 3.41. The van der Waals surface area contributed by atoms with E-state index >= 15 is 0 Å². The van der Waals surface area contributed by atoms with Crippen LogP contribution in [0.15, 0.2) is 42.7 Å². The average molecular weight is 231 g/mol. The van der Waals surface area contributed by atoms with Gasteiger partial charge in [0.15, 0.2) is 0 Å². The quantitative estimate of drug-likeness (QED) is 0.847. The lowest BCUT2D eigenvalue weighted by Gasteiger charge is -2.04. The maximum atomic E-state index is 8.84. The molecule has 0 fully saturated rings. The van der Waals surface area contributed by atoms with E-state index in [9.17, 15) is 0 Å². The lowest BCUT2D eigenvalue weighted by Crippen LogP contribution is -2.03. The van der Waals surface area contributed by atoms with Gasteiger partial charge in [-0.2, -0.15) is 0 Å². The molecular formula is C13H17N3O. The van der Waals surface area contributed by atoms with Crippen LogP contribution in [-0.4, -0.2) is 15.1 Å². The molecule has 0 bridgehead atoms. The molecule has 2 rings (SSSR count). The van der Waals surface area contributed by atoms with E-state index in [1.165, 1.54) is 5.56 Å². The monoisotopic (exact) mass is 231 g/mol. The summed E-state index contributed by atoms with van der Waals surface area (Å²) >= 11 is 0. The summed E-state index contributed by atoms with van der Waals surface area (Å²) in [7, 11) is 0. The number of hydrogen-bond donors (Lipinski definition) is 2. The van der Waals surface area contributed by atoms with Crippen molar-refractivity contribution in [2.24, 2.45) is 0 Å². The molecule has 0 unspecified atom stereocenters. The Morgan fingerprint density at radius 3 is 2.24 bits per heavy atom. The van der Waals surface area contributed by atoms with E-state index in [1.54, 1.807) is 12.4 Å². The number of aliphatic hydroxyl groups excluding tert-OH is 1. The highest BCUT2D eigenvalue weighted by atomic mass is 16.3. The molecule has 1 aromatic heterocycles. The zero-order valence-corrected chi connectivity index (χ0v) is 8.80. The molecular weight excluding hydrogens is 214 g/mol. The highest BCUT2D eigenvalue weighted by Gasteiger charge is 1.96. The third-order valence-electron chi connectivity index (χ3n) is 2.18. The van der Waals surface area contributed by atoms with E-state index in [2.05, 4.69) is 15.3 Å². The zero-order chi connectivity index (χ0) is 11.2. The minimum absolute atomic E-state index is 0. The first-order chi connectivity index (χ1) is 7.88. The topological polar surface area (TPSA) is 58.0 Å². The average Bonchev–Trinajstić information content (AvgIpc) is 2.38. The molecule has 0 atom stereocenters.